The Morgan fingerprint density at radius 2 is 1.47 bits per heavy atom. The van der Waals surface area contributed by atoms with Gasteiger partial charge in [-0.3, -0.25) is 4.79 Å². The van der Waals surface area contributed by atoms with E-state index in [2.05, 4.69) is 28.4 Å². The van der Waals surface area contributed by atoms with Crippen LogP contribution < -0.4 is 5.32 Å². The van der Waals surface area contributed by atoms with Gasteiger partial charge in [-0.2, -0.15) is 0 Å². The first-order valence-electron chi connectivity index (χ1n) is 10.5. The first-order chi connectivity index (χ1) is 14.3. The summed E-state index contributed by atoms with van der Waals surface area (Å²) < 4.78 is 0. The molecule has 0 radical (unpaired) electrons. The SMILES string of the molecule is Cc1cc(C)cc(C(=O)N2CCN(C(=O)NCc3ccccc3CN(C)C)CC2)c1. The summed E-state index contributed by atoms with van der Waals surface area (Å²) in [5, 5.41) is 3.04. The Balaban J connectivity index is 1.53. The number of rotatable bonds is 5. The van der Waals surface area contributed by atoms with E-state index in [9.17, 15) is 9.59 Å². The van der Waals surface area contributed by atoms with Gasteiger partial charge in [-0.15, -0.1) is 0 Å². The molecule has 0 unspecified atom stereocenters. The number of hydrogen-bond donors (Lipinski definition) is 1. The van der Waals surface area contributed by atoms with Crippen molar-refractivity contribution in [3.63, 3.8) is 0 Å². The van der Waals surface area contributed by atoms with Gasteiger partial charge in [0, 0.05) is 44.8 Å². The van der Waals surface area contributed by atoms with Crippen molar-refractivity contribution < 1.29 is 9.59 Å². The number of carbonyl (C=O) groups is 2. The van der Waals surface area contributed by atoms with Gasteiger partial charge >= 0.3 is 6.03 Å². The second-order valence-electron chi connectivity index (χ2n) is 8.32. The van der Waals surface area contributed by atoms with Crippen LogP contribution >= 0.6 is 0 Å². The van der Waals surface area contributed by atoms with Crippen molar-refractivity contribution in [1.82, 2.24) is 20.0 Å². The van der Waals surface area contributed by atoms with Gasteiger partial charge in [0.25, 0.3) is 5.91 Å². The maximum absolute atomic E-state index is 12.8. The molecule has 30 heavy (non-hydrogen) atoms. The second-order valence-corrected chi connectivity index (χ2v) is 8.32. The van der Waals surface area contributed by atoms with Gasteiger partial charge in [0.05, 0.1) is 0 Å². The summed E-state index contributed by atoms with van der Waals surface area (Å²) in [4.78, 5) is 31.2. The first kappa shape index (κ1) is 21.8. The van der Waals surface area contributed by atoms with Crippen LogP contribution in [0, 0.1) is 13.8 Å². The maximum Gasteiger partial charge on any atom is 0.317 e. The number of nitrogens with one attached hydrogen (secondary N) is 1. The van der Waals surface area contributed by atoms with Crippen LogP contribution in [0.15, 0.2) is 42.5 Å². The van der Waals surface area contributed by atoms with E-state index in [0.29, 0.717) is 32.7 Å². The first-order valence-corrected chi connectivity index (χ1v) is 10.5. The normalized spacial score (nSPS) is 14.2. The minimum atomic E-state index is -0.0758. The van der Waals surface area contributed by atoms with Crippen LogP contribution in [-0.2, 0) is 13.1 Å². The summed E-state index contributed by atoms with van der Waals surface area (Å²) in [7, 11) is 4.07. The molecule has 0 spiro atoms. The average Bonchev–Trinajstić information content (AvgIpc) is 2.71. The van der Waals surface area contributed by atoms with Crippen molar-refractivity contribution in [3.8, 4) is 0 Å². The number of hydrogen-bond acceptors (Lipinski definition) is 3. The fourth-order valence-corrected chi connectivity index (χ4v) is 3.90. The molecule has 1 aliphatic heterocycles. The molecule has 0 saturated carbocycles. The van der Waals surface area contributed by atoms with E-state index in [4.69, 9.17) is 0 Å². The number of nitrogens with zero attached hydrogens (tertiary/aromatic N) is 3. The maximum atomic E-state index is 12.8. The summed E-state index contributed by atoms with van der Waals surface area (Å²) in [5.41, 5.74) is 5.24. The monoisotopic (exact) mass is 408 g/mol. The van der Waals surface area contributed by atoms with Gasteiger partial charge < -0.3 is 20.0 Å². The molecule has 3 rings (SSSR count). The summed E-state index contributed by atoms with van der Waals surface area (Å²) in [6.07, 6.45) is 0. The molecule has 6 nitrogen and oxygen atoms in total. The zero-order valence-corrected chi connectivity index (χ0v) is 18.4. The Morgan fingerprint density at radius 3 is 2.07 bits per heavy atom. The van der Waals surface area contributed by atoms with Gasteiger partial charge in [0.15, 0.2) is 0 Å². The van der Waals surface area contributed by atoms with Crippen molar-refractivity contribution in [2.45, 2.75) is 26.9 Å². The zero-order chi connectivity index (χ0) is 21.7. The molecule has 160 valence electrons. The molecule has 6 heteroatoms. The molecule has 2 aromatic rings. The lowest BCUT2D eigenvalue weighted by molar-refractivity contribution is 0.0664. The predicted octanol–water partition coefficient (Wildman–Crippen LogP) is 3.03. The third-order valence-corrected chi connectivity index (χ3v) is 5.36. The molecule has 0 aliphatic carbocycles. The zero-order valence-electron chi connectivity index (χ0n) is 18.4. The third kappa shape index (κ3) is 5.60. The van der Waals surface area contributed by atoms with E-state index in [1.54, 1.807) is 4.90 Å². The van der Waals surface area contributed by atoms with Crippen molar-refractivity contribution >= 4 is 11.9 Å². The van der Waals surface area contributed by atoms with Crippen LogP contribution in [0.3, 0.4) is 0 Å². The Hall–Kier alpha value is -2.86. The van der Waals surface area contributed by atoms with Crippen molar-refractivity contribution in [2.75, 3.05) is 40.3 Å². The third-order valence-electron chi connectivity index (χ3n) is 5.36. The van der Waals surface area contributed by atoms with Gasteiger partial charge in [0.2, 0.25) is 0 Å². The van der Waals surface area contributed by atoms with Crippen LogP contribution in [0.25, 0.3) is 0 Å². The number of urea groups is 1. The summed E-state index contributed by atoms with van der Waals surface area (Å²) in [5.74, 6) is 0.0412. The molecule has 0 aromatic heterocycles. The van der Waals surface area contributed by atoms with Crippen molar-refractivity contribution in [3.05, 3.63) is 70.3 Å². The molecule has 0 bridgehead atoms. The molecule has 1 saturated heterocycles. The average molecular weight is 409 g/mol. The highest BCUT2D eigenvalue weighted by Gasteiger charge is 2.25. The molecule has 3 amide bonds. The lowest BCUT2D eigenvalue weighted by Gasteiger charge is -2.35. The summed E-state index contributed by atoms with van der Waals surface area (Å²) >= 11 is 0. The highest BCUT2D eigenvalue weighted by atomic mass is 16.2. The quantitative estimate of drug-likeness (QED) is 0.827. The van der Waals surface area contributed by atoms with Gasteiger partial charge in [-0.1, -0.05) is 41.5 Å². The van der Waals surface area contributed by atoms with E-state index in [1.165, 1.54) is 5.56 Å². The number of benzene rings is 2. The molecular weight excluding hydrogens is 376 g/mol. The summed E-state index contributed by atoms with van der Waals surface area (Å²) in [6.45, 7) is 7.54. The molecule has 1 aliphatic rings. The fraction of sp³-hybridized carbons (Fsp3) is 0.417. The van der Waals surface area contributed by atoms with Crippen LogP contribution in [0.5, 0.6) is 0 Å². The van der Waals surface area contributed by atoms with E-state index in [1.807, 2.05) is 57.1 Å². The molecule has 1 heterocycles. The summed E-state index contributed by atoms with van der Waals surface area (Å²) in [6, 6.07) is 14.0. The lowest BCUT2D eigenvalue weighted by atomic mass is 10.1. The number of amides is 3. The van der Waals surface area contributed by atoms with Crippen LogP contribution in [0.4, 0.5) is 4.79 Å². The molecule has 0 atom stereocenters. The fourth-order valence-electron chi connectivity index (χ4n) is 3.90. The Bertz CT molecular complexity index is 882. The molecule has 2 aromatic carbocycles. The van der Waals surface area contributed by atoms with Gasteiger partial charge in [-0.25, -0.2) is 4.79 Å². The van der Waals surface area contributed by atoms with Gasteiger partial charge in [-0.05, 0) is 51.2 Å². The number of piperazine rings is 1. The largest absolute Gasteiger partial charge is 0.335 e. The van der Waals surface area contributed by atoms with E-state index in [-0.39, 0.29) is 11.9 Å². The molecule has 1 fully saturated rings. The van der Waals surface area contributed by atoms with Crippen molar-refractivity contribution in [2.24, 2.45) is 0 Å². The topological polar surface area (TPSA) is 55.9 Å². The highest BCUT2D eigenvalue weighted by Crippen LogP contribution is 2.14. The van der Waals surface area contributed by atoms with E-state index >= 15 is 0 Å². The number of aryl methyl sites for hydroxylation is 2. The smallest absolute Gasteiger partial charge is 0.317 e. The van der Waals surface area contributed by atoms with E-state index in [0.717, 1.165) is 28.8 Å². The molecular formula is C24H32N4O2. The Labute approximate surface area is 179 Å². The predicted molar refractivity (Wildman–Crippen MR) is 119 cm³/mol. The lowest BCUT2D eigenvalue weighted by Crippen LogP contribution is -2.53. The van der Waals surface area contributed by atoms with Crippen LogP contribution in [0.1, 0.15) is 32.6 Å². The second kappa shape index (κ2) is 9.76. The Kier molecular flexibility index (Phi) is 7.11. The van der Waals surface area contributed by atoms with E-state index < -0.39 is 0 Å². The van der Waals surface area contributed by atoms with Gasteiger partial charge in [0.1, 0.15) is 0 Å². The highest BCUT2D eigenvalue weighted by molar-refractivity contribution is 5.94. The van der Waals surface area contributed by atoms with Crippen molar-refractivity contribution in [1.29, 1.82) is 0 Å². The van der Waals surface area contributed by atoms with Crippen LogP contribution in [0.2, 0.25) is 0 Å². The Morgan fingerprint density at radius 1 is 0.900 bits per heavy atom. The minimum absolute atomic E-state index is 0.0412. The van der Waals surface area contributed by atoms with Crippen LogP contribution in [-0.4, -0.2) is 66.9 Å². The minimum Gasteiger partial charge on any atom is -0.335 e. The standard InChI is InChI=1S/C24H32N4O2/c1-18-13-19(2)15-22(14-18)23(29)27-9-11-28(12-10-27)24(30)25-16-20-7-5-6-8-21(20)17-26(3)4/h5-8,13-15H,9-12,16-17H2,1-4H3,(H,25,30). The molecule has 1 N–H and O–H groups in total. The number of carbonyl (C=O) groups excluding carboxylic acids is 2.